The molecule has 2 aromatic rings. The molecule has 30 heavy (non-hydrogen) atoms. The minimum absolute atomic E-state index is 0. The Kier molecular flexibility index (Phi) is 11.0. The molecule has 0 unspecified atom stereocenters. The smallest absolute Gasteiger partial charge is 0.252 e. The van der Waals surface area contributed by atoms with Gasteiger partial charge in [0.05, 0.1) is 10.6 Å². The fourth-order valence-electron chi connectivity index (χ4n) is 2.58. The normalized spacial score (nSPS) is 11.3. The van der Waals surface area contributed by atoms with Gasteiger partial charge in [0.15, 0.2) is 5.96 Å². The van der Waals surface area contributed by atoms with E-state index in [9.17, 15) is 4.79 Å². The summed E-state index contributed by atoms with van der Waals surface area (Å²) in [6.07, 6.45) is 0. The molecule has 0 aliphatic rings. The molecule has 2 rings (SSSR count). The average Bonchev–Trinajstić information content (AvgIpc) is 2.67. The molecule has 0 aliphatic carbocycles. The standard InChI is InChI=1S/C22H29ClN4O2.HI/c1-22(2,3)29-19-12-8-5-9-16(19)15-27-21(24-4)26-14-13-25-20(28)17-10-6-7-11-18(17)23;/h5-12H,13-15H2,1-4H3,(H,25,28)(H2,24,26,27);1H. The van der Waals surface area contributed by atoms with Crippen LogP contribution in [0.3, 0.4) is 0 Å². The van der Waals surface area contributed by atoms with E-state index in [2.05, 4.69) is 20.9 Å². The van der Waals surface area contributed by atoms with Crippen molar-refractivity contribution in [2.45, 2.75) is 32.9 Å². The number of amides is 1. The molecule has 0 atom stereocenters. The van der Waals surface area contributed by atoms with E-state index in [0.29, 0.717) is 36.2 Å². The maximum atomic E-state index is 12.2. The molecule has 0 spiro atoms. The Bertz CT molecular complexity index is 853. The number of rotatable bonds is 7. The monoisotopic (exact) mass is 544 g/mol. The van der Waals surface area contributed by atoms with Crippen LogP contribution in [-0.4, -0.2) is 37.6 Å². The van der Waals surface area contributed by atoms with E-state index in [1.807, 2.05) is 45.0 Å². The first-order valence-electron chi connectivity index (χ1n) is 9.54. The van der Waals surface area contributed by atoms with Crippen LogP contribution in [0, 0.1) is 0 Å². The lowest BCUT2D eigenvalue weighted by molar-refractivity contribution is 0.0954. The lowest BCUT2D eigenvalue weighted by Gasteiger charge is -2.23. The maximum absolute atomic E-state index is 12.2. The fourth-order valence-corrected chi connectivity index (χ4v) is 2.80. The van der Waals surface area contributed by atoms with Gasteiger partial charge in [-0.15, -0.1) is 24.0 Å². The first-order valence-corrected chi connectivity index (χ1v) is 9.92. The number of ether oxygens (including phenoxy) is 1. The van der Waals surface area contributed by atoms with E-state index in [-0.39, 0.29) is 35.5 Å². The van der Waals surface area contributed by atoms with Gasteiger partial charge in [0.25, 0.3) is 5.91 Å². The van der Waals surface area contributed by atoms with E-state index in [4.69, 9.17) is 16.3 Å². The molecule has 0 fully saturated rings. The highest BCUT2D eigenvalue weighted by Gasteiger charge is 2.14. The van der Waals surface area contributed by atoms with E-state index in [1.165, 1.54) is 0 Å². The average molecular weight is 545 g/mol. The zero-order valence-corrected chi connectivity index (χ0v) is 20.9. The molecule has 6 nitrogen and oxygen atoms in total. The lowest BCUT2D eigenvalue weighted by Crippen LogP contribution is -2.41. The van der Waals surface area contributed by atoms with Crippen molar-refractivity contribution in [3.8, 4) is 5.75 Å². The van der Waals surface area contributed by atoms with E-state index >= 15 is 0 Å². The van der Waals surface area contributed by atoms with Gasteiger partial charge in [-0.05, 0) is 39.0 Å². The minimum Gasteiger partial charge on any atom is -0.488 e. The first kappa shape index (κ1) is 26.0. The van der Waals surface area contributed by atoms with Crippen LogP contribution < -0.4 is 20.7 Å². The number of nitrogens with one attached hydrogen (secondary N) is 3. The molecular weight excluding hydrogens is 515 g/mol. The third kappa shape index (κ3) is 8.79. The fraction of sp³-hybridized carbons (Fsp3) is 0.364. The Balaban J connectivity index is 0.00000450. The molecule has 0 aliphatic heterocycles. The number of carbonyl (C=O) groups is 1. The molecule has 8 heteroatoms. The van der Waals surface area contributed by atoms with Gasteiger partial charge in [-0.1, -0.05) is 41.9 Å². The molecule has 0 bridgehead atoms. The van der Waals surface area contributed by atoms with Crippen molar-refractivity contribution in [2.24, 2.45) is 4.99 Å². The zero-order valence-electron chi connectivity index (χ0n) is 17.8. The van der Waals surface area contributed by atoms with Crippen LogP contribution in [0.2, 0.25) is 5.02 Å². The highest BCUT2D eigenvalue weighted by atomic mass is 127. The second-order valence-corrected chi connectivity index (χ2v) is 7.82. The Morgan fingerprint density at radius 3 is 2.30 bits per heavy atom. The summed E-state index contributed by atoms with van der Waals surface area (Å²) >= 11 is 6.04. The van der Waals surface area contributed by atoms with Gasteiger partial charge in [0, 0.05) is 32.2 Å². The van der Waals surface area contributed by atoms with E-state index in [0.717, 1.165) is 11.3 Å². The van der Waals surface area contributed by atoms with Crippen LogP contribution in [0.4, 0.5) is 0 Å². The highest BCUT2D eigenvalue weighted by Crippen LogP contribution is 2.22. The first-order chi connectivity index (χ1) is 13.8. The van der Waals surface area contributed by atoms with Crippen molar-refractivity contribution in [3.63, 3.8) is 0 Å². The van der Waals surface area contributed by atoms with Crippen LogP contribution in [0.15, 0.2) is 53.5 Å². The van der Waals surface area contributed by atoms with Gasteiger partial charge < -0.3 is 20.7 Å². The second-order valence-electron chi connectivity index (χ2n) is 7.41. The van der Waals surface area contributed by atoms with Gasteiger partial charge >= 0.3 is 0 Å². The number of nitrogens with zero attached hydrogens (tertiary/aromatic N) is 1. The molecule has 0 heterocycles. The zero-order chi connectivity index (χ0) is 21.3. The highest BCUT2D eigenvalue weighted by molar-refractivity contribution is 14.0. The van der Waals surface area contributed by atoms with Crippen molar-refractivity contribution in [3.05, 3.63) is 64.7 Å². The number of halogens is 2. The van der Waals surface area contributed by atoms with Crippen molar-refractivity contribution in [2.75, 3.05) is 20.1 Å². The van der Waals surface area contributed by atoms with Crippen molar-refractivity contribution in [1.82, 2.24) is 16.0 Å². The van der Waals surface area contributed by atoms with Crippen molar-refractivity contribution >= 4 is 47.4 Å². The number of hydrogen-bond acceptors (Lipinski definition) is 3. The summed E-state index contributed by atoms with van der Waals surface area (Å²) < 4.78 is 6.02. The molecule has 3 N–H and O–H groups in total. The molecule has 0 radical (unpaired) electrons. The Hall–Kier alpha value is -2.00. The maximum Gasteiger partial charge on any atom is 0.252 e. The summed E-state index contributed by atoms with van der Waals surface area (Å²) in [5.74, 6) is 1.28. The number of guanidine groups is 1. The third-order valence-corrected chi connectivity index (χ3v) is 4.21. The molecule has 1 amide bonds. The number of benzene rings is 2. The SMILES string of the molecule is CN=C(NCCNC(=O)c1ccccc1Cl)NCc1ccccc1OC(C)(C)C.I. The molecule has 0 aromatic heterocycles. The topological polar surface area (TPSA) is 74.8 Å². The second kappa shape index (κ2) is 12.6. The van der Waals surface area contributed by atoms with Crippen LogP contribution in [0.5, 0.6) is 5.75 Å². The van der Waals surface area contributed by atoms with Crippen LogP contribution in [-0.2, 0) is 6.54 Å². The molecule has 2 aromatic carbocycles. The number of aliphatic imine (C=N–C) groups is 1. The predicted octanol–water partition coefficient (Wildman–Crippen LogP) is 4.23. The number of para-hydroxylation sites is 1. The van der Waals surface area contributed by atoms with Crippen molar-refractivity contribution < 1.29 is 9.53 Å². The molecular formula is C22H30ClIN4O2. The van der Waals surface area contributed by atoms with Gasteiger partial charge in [0.1, 0.15) is 11.4 Å². The third-order valence-electron chi connectivity index (χ3n) is 3.88. The Morgan fingerprint density at radius 2 is 1.63 bits per heavy atom. The van der Waals surface area contributed by atoms with Gasteiger partial charge in [0.2, 0.25) is 0 Å². The van der Waals surface area contributed by atoms with Crippen molar-refractivity contribution in [1.29, 1.82) is 0 Å². The summed E-state index contributed by atoms with van der Waals surface area (Å²) in [7, 11) is 1.70. The summed E-state index contributed by atoms with van der Waals surface area (Å²) in [5, 5.41) is 9.72. The van der Waals surface area contributed by atoms with Gasteiger partial charge in [-0.25, -0.2) is 0 Å². The largest absolute Gasteiger partial charge is 0.488 e. The minimum atomic E-state index is -0.268. The quantitative estimate of drug-likeness (QED) is 0.211. The summed E-state index contributed by atoms with van der Waals surface area (Å²) in [6.45, 7) is 7.60. The van der Waals surface area contributed by atoms with E-state index < -0.39 is 0 Å². The Labute approximate surface area is 200 Å². The molecule has 0 saturated carbocycles. The Morgan fingerprint density at radius 1 is 1.00 bits per heavy atom. The summed E-state index contributed by atoms with van der Waals surface area (Å²) in [6, 6.07) is 14.9. The van der Waals surface area contributed by atoms with Crippen LogP contribution in [0.25, 0.3) is 0 Å². The van der Waals surface area contributed by atoms with E-state index in [1.54, 1.807) is 31.3 Å². The predicted molar refractivity (Wildman–Crippen MR) is 134 cm³/mol. The summed E-state index contributed by atoms with van der Waals surface area (Å²) in [4.78, 5) is 16.4. The summed E-state index contributed by atoms with van der Waals surface area (Å²) in [5.41, 5.74) is 1.24. The lowest BCUT2D eigenvalue weighted by atomic mass is 10.1. The van der Waals surface area contributed by atoms with Gasteiger partial charge in [-0.3, -0.25) is 9.79 Å². The van der Waals surface area contributed by atoms with Crippen LogP contribution >= 0.6 is 35.6 Å². The molecule has 164 valence electrons. The van der Waals surface area contributed by atoms with Crippen LogP contribution in [0.1, 0.15) is 36.7 Å². The number of carbonyl (C=O) groups excluding carboxylic acids is 1. The van der Waals surface area contributed by atoms with Gasteiger partial charge in [-0.2, -0.15) is 0 Å². The number of hydrogen-bond donors (Lipinski definition) is 3. The molecule has 0 saturated heterocycles.